The lowest BCUT2D eigenvalue weighted by Gasteiger charge is -2.07. The van der Waals surface area contributed by atoms with Crippen LogP contribution in [0.3, 0.4) is 0 Å². The van der Waals surface area contributed by atoms with Crippen molar-refractivity contribution in [1.82, 2.24) is 4.90 Å². The van der Waals surface area contributed by atoms with Gasteiger partial charge in [0.1, 0.15) is 6.61 Å². The Morgan fingerprint density at radius 1 is 1.75 bits per heavy atom. The van der Waals surface area contributed by atoms with Crippen LogP contribution in [0, 0.1) is 0 Å². The third-order valence-electron chi connectivity index (χ3n) is 1.30. The quantitative estimate of drug-likeness (QED) is 0.461. The number of allylic oxidation sites excluding steroid dienone is 1. The molecule has 0 aromatic heterocycles. The molecule has 0 unspecified atom stereocenters. The van der Waals surface area contributed by atoms with Crippen LogP contribution >= 0.6 is 0 Å². The molecule has 0 radical (unpaired) electrons. The Balaban J connectivity index is 2.55. The van der Waals surface area contributed by atoms with Gasteiger partial charge in [-0.3, -0.25) is 0 Å². The maximum Gasteiger partial charge on any atom is 0.184 e. The van der Waals surface area contributed by atoms with E-state index < -0.39 is 0 Å². The van der Waals surface area contributed by atoms with Gasteiger partial charge in [0.05, 0.1) is 6.54 Å². The van der Waals surface area contributed by atoms with E-state index in [2.05, 4.69) is 4.90 Å². The van der Waals surface area contributed by atoms with Crippen LogP contribution in [0.1, 0.15) is 6.92 Å². The fourth-order valence-electron chi connectivity index (χ4n) is 0.811. The zero-order valence-electron chi connectivity index (χ0n) is 5.35. The third-order valence-corrected chi connectivity index (χ3v) is 1.30. The average molecular weight is 113 g/mol. The molecule has 0 bridgehead atoms. The molecule has 0 N–H and O–H groups in total. The molecular formula is C6H11NO. The molecule has 2 heteroatoms. The molecule has 0 aromatic carbocycles. The average Bonchev–Trinajstić information content (AvgIpc) is 2.14. The van der Waals surface area contributed by atoms with E-state index in [9.17, 15) is 0 Å². The number of rotatable bonds is 0. The molecule has 1 saturated heterocycles. The minimum atomic E-state index is 0.843. The first-order valence-electron chi connectivity index (χ1n) is 2.85. The molecule has 8 heavy (non-hydrogen) atoms. The molecule has 1 aliphatic rings. The SMILES string of the molecule is C/C=C1/OCCN1C. The number of hydrogen-bond donors (Lipinski definition) is 0. The van der Waals surface area contributed by atoms with Crippen molar-refractivity contribution in [3.05, 3.63) is 12.0 Å². The highest BCUT2D eigenvalue weighted by Crippen LogP contribution is 2.09. The summed E-state index contributed by atoms with van der Waals surface area (Å²) in [5.74, 6) is 1.00. The fourth-order valence-corrected chi connectivity index (χ4v) is 0.811. The van der Waals surface area contributed by atoms with Crippen molar-refractivity contribution in [2.45, 2.75) is 6.92 Å². The van der Waals surface area contributed by atoms with Crippen molar-refractivity contribution < 1.29 is 4.74 Å². The summed E-state index contributed by atoms with van der Waals surface area (Å²) in [4.78, 5) is 2.10. The number of nitrogens with zero attached hydrogens (tertiary/aromatic N) is 1. The molecule has 46 valence electrons. The molecule has 0 aliphatic carbocycles. The molecule has 1 heterocycles. The van der Waals surface area contributed by atoms with Gasteiger partial charge in [0, 0.05) is 7.05 Å². The molecule has 0 saturated carbocycles. The lowest BCUT2D eigenvalue weighted by atomic mass is 10.6. The van der Waals surface area contributed by atoms with Crippen LogP contribution in [0.15, 0.2) is 12.0 Å². The summed E-state index contributed by atoms with van der Waals surface area (Å²) >= 11 is 0. The van der Waals surface area contributed by atoms with E-state index in [0.29, 0.717) is 0 Å². The first-order valence-corrected chi connectivity index (χ1v) is 2.85. The number of ether oxygens (including phenoxy) is 1. The van der Waals surface area contributed by atoms with Crippen LogP contribution in [0.2, 0.25) is 0 Å². The van der Waals surface area contributed by atoms with Crippen LogP contribution in [-0.2, 0) is 4.74 Å². The van der Waals surface area contributed by atoms with Crippen LogP contribution in [-0.4, -0.2) is 25.1 Å². The Labute approximate surface area is 49.7 Å². The van der Waals surface area contributed by atoms with Crippen molar-refractivity contribution in [1.29, 1.82) is 0 Å². The van der Waals surface area contributed by atoms with Crippen molar-refractivity contribution in [3.63, 3.8) is 0 Å². The lowest BCUT2D eigenvalue weighted by Crippen LogP contribution is -2.10. The van der Waals surface area contributed by atoms with E-state index in [1.165, 1.54) is 0 Å². The highest BCUT2D eigenvalue weighted by molar-refractivity contribution is 4.92. The highest BCUT2D eigenvalue weighted by atomic mass is 16.5. The summed E-state index contributed by atoms with van der Waals surface area (Å²) in [6.07, 6.45) is 1.98. The first-order chi connectivity index (χ1) is 3.84. The van der Waals surface area contributed by atoms with Crippen LogP contribution in [0.5, 0.6) is 0 Å². The van der Waals surface area contributed by atoms with Gasteiger partial charge in [-0.05, 0) is 13.0 Å². The second-order valence-electron chi connectivity index (χ2n) is 1.90. The Hall–Kier alpha value is -0.660. The summed E-state index contributed by atoms with van der Waals surface area (Å²) in [5.41, 5.74) is 0. The van der Waals surface area contributed by atoms with Gasteiger partial charge in [-0.15, -0.1) is 0 Å². The van der Waals surface area contributed by atoms with Crippen molar-refractivity contribution in [3.8, 4) is 0 Å². The summed E-state index contributed by atoms with van der Waals surface area (Å²) in [5, 5.41) is 0. The summed E-state index contributed by atoms with van der Waals surface area (Å²) in [7, 11) is 2.03. The van der Waals surface area contributed by atoms with Gasteiger partial charge in [-0.25, -0.2) is 0 Å². The Morgan fingerprint density at radius 3 is 2.75 bits per heavy atom. The van der Waals surface area contributed by atoms with Crippen LogP contribution in [0.25, 0.3) is 0 Å². The van der Waals surface area contributed by atoms with E-state index in [4.69, 9.17) is 4.74 Å². The first kappa shape index (κ1) is 5.48. The molecule has 0 aromatic rings. The maximum atomic E-state index is 5.20. The third kappa shape index (κ3) is 0.782. The minimum absolute atomic E-state index is 0.843. The molecule has 1 aliphatic heterocycles. The predicted octanol–water partition coefficient (Wildman–Crippen LogP) is 0.810. The summed E-state index contributed by atoms with van der Waals surface area (Å²) in [6.45, 7) is 3.85. The molecular weight excluding hydrogens is 102 g/mol. The molecule has 1 rings (SSSR count). The monoisotopic (exact) mass is 113 g/mol. The van der Waals surface area contributed by atoms with E-state index in [1.807, 2.05) is 20.0 Å². The molecule has 2 nitrogen and oxygen atoms in total. The van der Waals surface area contributed by atoms with Crippen molar-refractivity contribution >= 4 is 0 Å². The topological polar surface area (TPSA) is 12.5 Å². The van der Waals surface area contributed by atoms with Crippen molar-refractivity contribution in [2.75, 3.05) is 20.2 Å². The van der Waals surface area contributed by atoms with E-state index >= 15 is 0 Å². The zero-order valence-corrected chi connectivity index (χ0v) is 5.35. The Morgan fingerprint density at radius 2 is 2.50 bits per heavy atom. The van der Waals surface area contributed by atoms with Crippen LogP contribution < -0.4 is 0 Å². The van der Waals surface area contributed by atoms with Gasteiger partial charge < -0.3 is 9.64 Å². The van der Waals surface area contributed by atoms with Gasteiger partial charge >= 0.3 is 0 Å². The van der Waals surface area contributed by atoms with Gasteiger partial charge in [0.2, 0.25) is 0 Å². The second-order valence-corrected chi connectivity index (χ2v) is 1.90. The molecule has 0 amide bonds. The summed E-state index contributed by atoms with van der Waals surface area (Å²) < 4.78 is 5.20. The van der Waals surface area contributed by atoms with E-state index in [1.54, 1.807) is 0 Å². The molecule has 1 fully saturated rings. The van der Waals surface area contributed by atoms with Crippen molar-refractivity contribution in [2.24, 2.45) is 0 Å². The van der Waals surface area contributed by atoms with Crippen LogP contribution in [0.4, 0.5) is 0 Å². The summed E-state index contributed by atoms with van der Waals surface area (Å²) in [6, 6.07) is 0. The minimum Gasteiger partial charge on any atom is -0.477 e. The predicted molar refractivity (Wildman–Crippen MR) is 32.3 cm³/mol. The zero-order chi connectivity index (χ0) is 5.98. The maximum absolute atomic E-state index is 5.20. The number of likely N-dealkylation sites (N-methyl/N-ethyl adjacent to an activating group) is 1. The highest BCUT2D eigenvalue weighted by Gasteiger charge is 2.10. The van der Waals surface area contributed by atoms with Gasteiger partial charge in [0.25, 0.3) is 0 Å². The van der Waals surface area contributed by atoms with E-state index in [0.717, 1.165) is 19.0 Å². The Bertz CT molecular complexity index is 109. The van der Waals surface area contributed by atoms with Gasteiger partial charge in [0.15, 0.2) is 5.88 Å². The largest absolute Gasteiger partial charge is 0.477 e. The second kappa shape index (κ2) is 2.07. The normalized spacial score (nSPS) is 24.2. The fraction of sp³-hybridized carbons (Fsp3) is 0.667. The number of hydrogen-bond acceptors (Lipinski definition) is 2. The molecule has 0 spiro atoms. The van der Waals surface area contributed by atoms with Gasteiger partial charge in [-0.1, -0.05) is 0 Å². The lowest BCUT2D eigenvalue weighted by molar-refractivity contribution is 0.244. The smallest absolute Gasteiger partial charge is 0.184 e. The van der Waals surface area contributed by atoms with E-state index in [-0.39, 0.29) is 0 Å². The van der Waals surface area contributed by atoms with Gasteiger partial charge in [-0.2, -0.15) is 0 Å². The molecule has 0 atom stereocenters. The Kier molecular flexibility index (Phi) is 1.42. The standard InChI is InChI=1S/C6H11NO/c1-3-6-7(2)4-5-8-6/h3H,4-5H2,1-2H3/b6-3+.